The summed E-state index contributed by atoms with van der Waals surface area (Å²) in [4.78, 5) is 22.4. The van der Waals surface area contributed by atoms with Gasteiger partial charge < -0.3 is 10.2 Å². The van der Waals surface area contributed by atoms with Crippen LogP contribution >= 0.6 is 0 Å². The van der Waals surface area contributed by atoms with Crippen molar-refractivity contribution in [2.24, 2.45) is 17.8 Å². The Kier molecular flexibility index (Phi) is 7.74. The lowest BCUT2D eigenvalue weighted by molar-refractivity contribution is -0.154. The number of rotatable bonds is 10. The summed E-state index contributed by atoms with van der Waals surface area (Å²) in [6.07, 6.45) is 1.40. The van der Waals surface area contributed by atoms with Gasteiger partial charge >= 0.3 is 11.9 Å². The maximum absolute atomic E-state index is 11.2. The molecule has 2 atom stereocenters. The van der Waals surface area contributed by atoms with Gasteiger partial charge in [-0.2, -0.15) is 8.42 Å². The van der Waals surface area contributed by atoms with E-state index in [0.717, 1.165) is 6.26 Å². The third kappa shape index (κ3) is 8.11. The van der Waals surface area contributed by atoms with Gasteiger partial charge in [-0.05, 0) is 25.2 Å². The lowest BCUT2D eigenvalue weighted by Gasteiger charge is -2.21. The number of hydrogen-bond donors (Lipinski definition) is 2. The largest absolute Gasteiger partial charge is 0.481 e. The molecule has 0 radical (unpaired) electrons. The van der Waals surface area contributed by atoms with Gasteiger partial charge in [0.15, 0.2) is 0 Å². The molecular weight excluding hydrogens is 288 g/mol. The maximum Gasteiger partial charge on any atom is 0.307 e. The molecule has 0 aliphatic heterocycles. The highest BCUT2D eigenvalue weighted by Crippen LogP contribution is 2.25. The molecule has 0 rings (SSSR count). The quantitative estimate of drug-likeness (QED) is 0.459. The molecule has 0 amide bonds. The van der Waals surface area contributed by atoms with E-state index in [0.29, 0.717) is 0 Å². The van der Waals surface area contributed by atoms with Gasteiger partial charge in [-0.1, -0.05) is 13.8 Å². The minimum Gasteiger partial charge on any atom is -0.481 e. The van der Waals surface area contributed by atoms with Gasteiger partial charge in [0, 0.05) is 0 Å². The summed E-state index contributed by atoms with van der Waals surface area (Å²) in [6, 6.07) is 0. The van der Waals surface area contributed by atoms with Crippen molar-refractivity contribution in [1.29, 1.82) is 0 Å². The second kappa shape index (κ2) is 8.21. The lowest BCUT2D eigenvalue weighted by Crippen LogP contribution is -2.31. The van der Waals surface area contributed by atoms with Gasteiger partial charge in [0.1, 0.15) is 0 Å². The molecule has 0 fully saturated rings. The van der Waals surface area contributed by atoms with E-state index in [1.165, 1.54) is 0 Å². The molecule has 0 heterocycles. The molecule has 0 bridgehead atoms. The predicted octanol–water partition coefficient (Wildman–Crippen LogP) is 1.19. The molecule has 0 aliphatic rings. The van der Waals surface area contributed by atoms with E-state index in [1.54, 1.807) is 0 Å². The summed E-state index contributed by atoms with van der Waals surface area (Å²) in [5.41, 5.74) is 0. The highest BCUT2D eigenvalue weighted by atomic mass is 32.2. The Morgan fingerprint density at radius 2 is 1.60 bits per heavy atom. The fourth-order valence-corrected chi connectivity index (χ4v) is 2.38. The maximum atomic E-state index is 11.2. The van der Waals surface area contributed by atoms with Crippen LogP contribution in [0.1, 0.15) is 33.1 Å². The summed E-state index contributed by atoms with van der Waals surface area (Å²) >= 11 is 0. The van der Waals surface area contributed by atoms with Gasteiger partial charge in [0.05, 0.1) is 24.7 Å². The topological polar surface area (TPSA) is 118 Å². The van der Waals surface area contributed by atoms with Crippen molar-refractivity contribution in [1.82, 2.24) is 0 Å². The Balaban J connectivity index is 4.61. The Labute approximate surface area is 119 Å². The summed E-state index contributed by atoms with van der Waals surface area (Å²) in [6.45, 7) is 3.50. The summed E-state index contributed by atoms with van der Waals surface area (Å²) < 4.78 is 26.0. The van der Waals surface area contributed by atoms with E-state index < -0.39 is 33.9 Å². The van der Waals surface area contributed by atoms with Crippen LogP contribution in [0.25, 0.3) is 0 Å². The number of carboxylic acid groups (broad SMARTS) is 2. The third-order valence-corrected chi connectivity index (χ3v) is 3.40. The van der Waals surface area contributed by atoms with Crippen LogP contribution in [0.15, 0.2) is 0 Å². The SMILES string of the molecule is CC(C)C[C@H](C(=O)O)[C@@H](CCCOS(C)(=O)=O)C(=O)O. The first-order valence-corrected chi connectivity index (χ1v) is 8.16. The highest BCUT2D eigenvalue weighted by Gasteiger charge is 2.33. The summed E-state index contributed by atoms with van der Waals surface area (Å²) in [5, 5.41) is 18.3. The molecule has 0 aliphatic carbocycles. The smallest absolute Gasteiger partial charge is 0.307 e. The molecule has 0 unspecified atom stereocenters. The zero-order valence-corrected chi connectivity index (χ0v) is 12.7. The highest BCUT2D eigenvalue weighted by molar-refractivity contribution is 7.85. The molecule has 7 nitrogen and oxygen atoms in total. The fourth-order valence-electron chi connectivity index (χ4n) is 1.96. The van der Waals surface area contributed by atoms with Gasteiger partial charge in [0.25, 0.3) is 10.1 Å². The van der Waals surface area contributed by atoms with E-state index in [9.17, 15) is 18.0 Å². The first-order chi connectivity index (χ1) is 9.04. The van der Waals surface area contributed by atoms with Crippen LogP contribution in [0.3, 0.4) is 0 Å². The van der Waals surface area contributed by atoms with E-state index in [-0.39, 0.29) is 31.8 Å². The van der Waals surface area contributed by atoms with Crippen LogP contribution < -0.4 is 0 Å². The van der Waals surface area contributed by atoms with Crippen LogP contribution in [0.4, 0.5) is 0 Å². The predicted molar refractivity (Wildman–Crippen MR) is 71.7 cm³/mol. The molecule has 2 N–H and O–H groups in total. The minimum atomic E-state index is -3.56. The standard InChI is InChI=1S/C12H22O7S/c1-8(2)7-10(12(15)16)9(11(13)14)5-4-6-19-20(3,17)18/h8-10H,4-7H2,1-3H3,(H,13,14)(H,15,16)/t9-,10+/m1/s1. The van der Waals surface area contributed by atoms with Crippen LogP contribution in [0.2, 0.25) is 0 Å². The van der Waals surface area contributed by atoms with E-state index in [1.807, 2.05) is 13.8 Å². The summed E-state index contributed by atoms with van der Waals surface area (Å²) in [7, 11) is -3.56. The molecular formula is C12H22O7S. The Morgan fingerprint density at radius 1 is 1.10 bits per heavy atom. The first-order valence-electron chi connectivity index (χ1n) is 6.34. The molecule has 0 aromatic rings. The number of hydrogen-bond acceptors (Lipinski definition) is 5. The zero-order chi connectivity index (χ0) is 15.9. The van der Waals surface area contributed by atoms with Crippen LogP contribution in [0.5, 0.6) is 0 Å². The van der Waals surface area contributed by atoms with Crippen molar-refractivity contribution in [2.45, 2.75) is 33.1 Å². The molecule has 0 saturated heterocycles. The van der Waals surface area contributed by atoms with Gasteiger partial charge in [0.2, 0.25) is 0 Å². The molecule has 0 aromatic carbocycles. The van der Waals surface area contributed by atoms with Crippen molar-refractivity contribution < 1.29 is 32.4 Å². The monoisotopic (exact) mass is 310 g/mol. The molecule has 20 heavy (non-hydrogen) atoms. The van der Waals surface area contributed by atoms with Crippen LogP contribution in [0, 0.1) is 17.8 Å². The van der Waals surface area contributed by atoms with Gasteiger partial charge in [-0.3, -0.25) is 13.8 Å². The average Bonchev–Trinajstić information content (AvgIpc) is 2.24. The molecule has 8 heteroatoms. The van der Waals surface area contributed by atoms with E-state index in [2.05, 4.69) is 4.18 Å². The van der Waals surface area contributed by atoms with Crippen molar-refractivity contribution in [3.05, 3.63) is 0 Å². The van der Waals surface area contributed by atoms with E-state index >= 15 is 0 Å². The average molecular weight is 310 g/mol. The van der Waals surface area contributed by atoms with E-state index in [4.69, 9.17) is 10.2 Å². The Bertz CT molecular complexity index is 427. The Morgan fingerprint density at radius 3 is 1.95 bits per heavy atom. The number of carbonyl (C=O) groups is 2. The lowest BCUT2D eigenvalue weighted by atomic mass is 9.83. The molecule has 0 spiro atoms. The Hall–Kier alpha value is -1.15. The second-order valence-corrected chi connectivity index (χ2v) is 6.83. The second-order valence-electron chi connectivity index (χ2n) is 5.19. The van der Waals surface area contributed by atoms with Gasteiger partial charge in [-0.15, -0.1) is 0 Å². The molecule has 118 valence electrons. The third-order valence-electron chi connectivity index (χ3n) is 2.80. The molecule has 0 aromatic heterocycles. The molecule has 0 saturated carbocycles. The van der Waals surface area contributed by atoms with Crippen molar-refractivity contribution in [3.63, 3.8) is 0 Å². The minimum absolute atomic E-state index is 0.0604. The van der Waals surface area contributed by atoms with Crippen LogP contribution in [-0.4, -0.2) is 43.4 Å². The fraction of sp³-hybridized carbons (Fsp3) is 0.833. The zero-order valence-electron chi connectivity index (χ0n) is 11.9. The normalized spacial score (nSPS) is 15.0. The van der Waals surface area contributed by atoms with Crippen molar-refractivity contribution >= 4 is 22.1 Å². The van der Waals surface area contributed by atoms with Crippen molar-refractivity contribution in [3.8, 4) is 0 Å². The van der Waals surface area contributed by atoms with Gasteiger partial charge in [-0.25, -0.2) is 0 Å². The van der Waals surface area contributed by atoms with Crippen LogP contribution in [-0.2, 0) is 23.9 Å². The van der Waals surface area contributed by atoms with Crippen molar-refractivity contribution in [2.75, 3.05) is 12.9 Å². The number of carboxylic acids is 2. The number of aliphatic carboxylic acids is 2. The first kappa shape index (κ1) is 18.9. The summed E-state index contributed by atoms with van der Waals surface area (Å²) in [5.74, 6) is -4.29.